The quantitative estimate of drug-likeness (QED) is 0.679. The van der Waals surface area contributed by atoms with Crippen LogP contribution >= 0.6 is 0 Å². The van der Waals surface area contributed by atoms with Gasteiger partial charge in [0.25, 0.3) is 0 Å². The molecule has 0 saturated heterocycles. The van der Waals surface area contributed by atoms with Crippen molar-refractivity contribution in [2.24, 2.45) is 0 Å². The number of para-hydroxylation sites is 1. The number of carbonyl (C=O) groups is 1. The van der Waals surface area contributed by atoms with E-state index >= 15 is 0 Å². The zero-order chi connectivity index (χ0) is 14.9. The molecule has 3 atom stereocenters. The van der Waals surface area contributed by atoms with Gasteiger partial charge in [0.15, 0.2) is 0 Å². The molecule has 1 N–H and O–H groups in total. The summed E-state index contributed by atoms with van der Waals surface area (Å²) in [6.07, 6.45) is -0.816. The van der Waals surface area contributed by atoms with Gasteiger partial charge in [0.05, 0.1) is 7.11 Å². The van der Waals surface area contributed by atoms with Crippen LogP contribution in [-0.2, 0) is 20.9 Å². The van der Waals surface area contributed by atoms with Crippen LogP contribution in [0.2, 0.25) is 0 Å². The highest BCUT2D eigenvalue weighted by atomic mass is 32.2. The molecule has 1 aromatic carbocycles. The topological polar surface area (TPSA) is 70.6 Å². The second-order valence-corrected chi connectivity index (χ2v) is 7.57. The summed E-state index contributed by atoms with van der Waals surface area (Å²) in [5.41, 5.74) is 0.820. The van der Waals surface area contributed by atoms with Crippen molar-refractivity contribution in [3.05, 3.63) is 29.8 Å². The van der Waals surface area contributed by atoms with Gasteiger partial charge in [-0.25, -0.2) is 4.79 Å². The third kappa shape index (κ3) is 2.92. The van der Waals surface area contributed by atoms with Gasteiger partial charge in [-0.05, 0) is 26.8 Å². The average molecular weight is 297 g/mol. The third-order valence-corrected chi connectivity index (χ3v) is 4.61. The number of fused-ring (bicyclic) bond motifs is 1. The molecule has 5 nitrogen and oxygen atoms in total. The van der Waals surface area contributed by atoms with Gasteiger partial charge < -0.3 is 14.0 Å². The fraction of sp³-hybridized carbons (Fsp3) is 0.500. The SMILES string of the molecule is COC(=O)[C@H]1Oc2ccccc2[C@@H]1N[S+]([O-])C(C)(C)C. The van der Waals surface area contributed by atoms with E-state index in [0.717, 1.165) is 5.56 Å². The highest BCUT2D eigenvalue weighted by Crippen LogP contribution is 2.38. The summed E-state index contributed by atoms with van der Waals surface area (Å²) in [4.78, 5) is 11.8. The van der Waals surface area contributed by atoms with E-state index in [1.54, 1.807) is 6.07 Å². The number of rotatable bonds is 3. The van der Waals surface area contributed by atoms with Gasteiger partial charge in [-0.3, -0.25) is 0 Å². The number of benzene rings is 1. The monoisotopic (exact) mass is 297 g/mol. The lowest BCUT2D eigenvalue weighted by atomic mass is 10.1. The minimum Gasteiger partial charge on any atom is -0.598 e. The van der Waals surface area contributed by atoms with Crippen LogP contribution in [0.25, 0.3) is 0 Å². The molecule has 1 aliphatic rings. The van der Waals surface area contributed by atoms with E-state index in [2.05, 4.69) is 4.72 Å². The zero-order valence-corrected chi connectivity index (χ0v) is 12.8. The van der Waals surface area contributed by atoms with Gasteiger partial charge in [0, 0.05) is 16.9 Å². The lowest BCUT2D eigenvalue weighted by Gasteiger charge is -2.27. The minimum absolute atomic E-state index is 0.432. The molecule has 0 amide bonds. The Kier molecular flexibility index (Phi) is 4.27. The molecule has 0 radical (unpaired) electrons. The Hall–Kier alpha value is -1.24. The largest absolute Gasteiger partial charge is 0.598 e. The molecule has 1 aromatic rings. The van der Waals surface area contributed by atoms with Crippen LogP contribution in [-0.4, -0.2) is 28.5 Å². The van der Waals surface area contributed by atoms with Crippen LogP contribution in [0.15, 0.2) is 24.3 Å². The minimum atomic E-state index is -1.31. The molecular formula is C14H19NO4S. The second kappa shape index (κ2) is 5.63. The third-order valence-electron chi connectivity index (χ3n) is 3.03. The first kappa shape index (κ1) is 15.2. The summed E-state index contributed by atoms with van der Waals surface area (Å²) >= 11 is -1.31. The van der Waals surface area contributed by atoms with Crippen LogP contribution in [0.5, 0.6) is 5.75 Å². The molecule has 1 aliphatic heterocycles. The van der Waals surface area contributed by atoms with Crippen LogP contribution < -0.4 is 9.46 Å². The molecule has 0 bridgehead atoms. The number of hydrogen-bond acceptors (Lipinski definition) is 5. The highest BCUT2D eigenvalue weighted by Gasteiger charge is 2.44. The van der Waals surface area contributed by atoms with Gasteiger partial charge in [-0.2, -0.15) is 0 Å². The average Bonchev–Trinajstić information content (AvgIpc) is 2.76. The standard InChI is InChI=1S/C14H19NO4S/c1-14(2,3)20(17)15-11-9-7-5-6-8-10(9)19-12(11)13(16)18-4/h5-8,11-12,15H,1-4H3/t11-,12-,20?/m0/s1. The van der Waals surface area contributed by atoms with Crippen molar-refractivity contribution in [2.45, 2.75) is 37.7 Å². The van der Waals surface area contributed by atoms with E-state index in [1.165, 1.54) is 7.11 Å². The van der Waals surface area contributed by atoms with Gasteiger partial charge in [-0.1, -0.05) is 18.2 Å². The Balaban J connectivity index is 2.27. The first-order valence-corrected chi connectivity index (χ1v) is 7.51. The molecule has 0 saturated carbocycles. The van der Waals surface area contributed by atoms with Gasteiger partial charge in [0.2, 0.25) is 6.10 Å². The zero-order valence-electron chi connectivity index (χ0n) is 12.0. The fourth-order valence-corrected chi connectivity index (χ4v) is 2.77. The van der Waals surface area contributed by atoms with E-state index in [0.29, 0.717) is 5.75 Å². The number of nitrogens with one attached hydrogen (secondary N) is 1. The van der Waals surface area contributed by atoms with Crippen molar-refractivity contribution >= 4 is 17.3 Å². The van der Waals surface area contributed by atoms with Crippen LogP contribution in [0.1, 0.15) is 32.4 Å². The summed E-state index contributed by atoms with van der Waals surface area (Å²) in [6, 6.07) is 6.86. The summed E-state index contributed by atoms with van der Waals surface area (Å²) in [6.45, 7) is 5.60. The van der Waals surface area contributed by atoms with E-state index in [4.69, 9.17) is 9.47 Å². The van der Waals surface area contributed by atoms with Crippen molar-refractivity contribution in [3.63, 3.8) is 0 Å². The van der Waals surface area contributed by atoms with Crippen molar-refractivity contribution < 1.29 is 18.8 Å². The summed E-state index contributed by atoms with van der Waals surface area (Å²) in [5.74, 6) is 0.135. The van der Waals surface area contributed by atoms with E-state index in [1.807, 2.05) is 39.0 Å². The maximum absolute atomic E-state index is 12.3. The molecule has 0 aromatic heterocycles. The van der Waals surface area contributed by atoms with Crippen molar-refractivity contribution in [1.82, 2.24) is 4.72 Å². The molecule has 20 heavy (non-hydrogen) atoms. The summed E-state index contributed by atoms with van der Waals surface area (Å²) < 4.78 is 25.2. The fourth-order valence-electron chi connectivity index (χ4n) is 1.93. The normalized spacial score (nSPS) is 22.9. The van der Waals surface area contributed by atoms with Gasteiger partial charge in [0.1, 0.15) is 16.5 Å². The van der Waals surface area contributed by atoms with Crippen molar-refractivity contribution in [1.29, 1.82) is 0 Å². The molecule has 0 spiro atoms. The molecule has 2 rings (SSSR count). The van der Waals surface area contributed by atoms with Crippen LogP contribution in [0.3, 0.4) is 0 Å². The first-order chi connectivity index (χ1) is 9.34. The molecule has 110 valence electrons. The number of esters is 1. The summed E-state index contributed by atoms with van der Waals surface area (Å²) in [7, 11) is 1.31. The molecule has 1 unspecified atom stereocenters. The molecule has 1 heterocycles. The predicted molar refractivity (Wildman–Crippen MR) is 76.6 cm³/mol. The van der Waals surface area contributed by atoms with E-state index in [9.17, 15) is 9.35 Å². The Bertz CT molecular complexity index is 500. The number of carbonyl (C=O) groups excluding carboxylic acids is 1. The number of methoxy groups -OCH3 is 1. The van der Waals surface area contributed by atoms with E-state index in [-0.39, 0.29) is 0 Å². The first-order valence-electron chi connectivity index (χ1n) is 6.36. The molecule has 0 aliphatic carbocycles. The number of ether oxygens (including phenoxy) is 2. The van der Waals surface area contributed by atoms with Crippen molar-refractivity contribution in [2.75, 3.05) is 7.11 Å². The van der Waals surface area contributed by atoms with Crippen LogP contribution in [0.4, 0.5) is 0 Å². The van der Waals surface area contributed by atoms with Gasteiger partial charge in [-0.15, -0.1) is 4.72 Å². The highest BCUT2D eigenvalue weighted by molar-refractivity contribution is 7.90. The lowest BCUT2D eigenvalue weighted by Crippen LogP contribution is -2.46. The number of hydrogen-bond donors (Lipinski definition) is 1. The molecule has 6 heteroatoms. The predicted octanol–water partition coefficient (Wildman–Crippen LogP) is 1.71. The Morgan fingerprint density at radius 2 is 2.05 bits per heavy atom. The lowest BCUT2D eigenvalue weighted by molar-refractivity contribution is -0.149. The summed E-state index contributed by atoms with van der Waals surface area (Å²) in [5, 5.41) is 0. The molecule has 0 fully saturated rings. The van der Waals surface area contributed by atoms with Gasteiger partial charge >= 0.3 is 5.97 Å². The smallest absolute Gasteiger partial charge is 0.349 e. The molecular weight excluding hydrogens is 278 g/mol. The Labute approximate surface area is 122 Å². The maximum atomic E-state index is 12.3. The van der Waals surface area contributed by atoms with Crippen molar-refractivity contribution in [3.8, 4) is 5.75 Å². The maximum Gasteiger partial charge on any atom is 0.349 e. The second-order valence-electron chi connectivity index (χ2n) is 5.58. The van der Waals surface area contributed by atoms with E-state index < -0.39 is 34.2 Å². The Morgan fingerprint density at radius 1 is 1.40 bits per heavy atom. The van der Waals surface area contributed by atoms with Crippen LogP contribution in [0, 0.1) is 0 Å². The Morgan fingerprint density at radius 3 is 2.65 bits per heavy atom.